The molecule has 0 spiro atoms. The number of unbranched alkanes of at least 4 members (excludes halogenated alkanes) is 1. The first-order valence-corrected chi connectivity index (χ1v) is 6.39. The summed E-state index contributed by atoms with van der Waals surface area (Å²) >= 11 is 0. The summed E-state index contributed by atoms with van der Waals surface area (Å²) < 4.78 is 0. The van der Waals surface area contributed by atoms with E-state index in [0.29, 0.717) is 11.6 Å². The molecule has 2 rings (SSSR count). The molecule has 1 heterocycles. The van der Waals surface area contributed by atoms with E-state index in [1.54, 1.807) is 6.07 Å². The molecule has 0 saturated carbocycles. The zero-order valence-corrected chi connectivity index (χ0v) is 11.0. The third-order valence-corrected chi connectivity index (χ3v) is 2.91. The number of hydrogen-bond acceptors (Lipinski definition) is 3. The Hall–Kier alpha value is -1.90. The first kappa shape index (κ1) is 12.6. The van der Waals surface area contributed by atoms with E-state index in [9.17, 15) is 0 Å². The number of rotatable bonds is 4. The number of benzene rings is 1. The van der Waals surface area contributed by atoms with Gasteiger partial charge >= 0.3 is 0 Å². The van der Waals surface area contributed by atoms with E-state index in [1.165, 1.54) is 18.4 Å². The van der Waals surface area contributed by atoms with E-state index in [1.807, 2.05) is 6.92 Å². The number of hydrogen-bond donors (Lipinski definition) is 1. The van der Waals surface area contributed by atoms with Crippen molar-refractivity contribution in [3.63, 3.8) is 0 Å². The molecule has 1 aromatic heterocycles. The van der Waals surface area contributed by atoms with Crippen LogP contribution in [0.2, 0.25) is 0 Å². The summed E-state index contributed by atoms with van der Waals surface area (Å²) in [4.78, 5) is 8.67. The van der Waals surface area contributed by atoms with Gasteiger partial charge in [-0.25, -0.2) is 9.97 Å². The number of anilines is 1. The Kier molecular flexibility index (Phi) is 3.92. The Bertz CT molecular complexity index is 498. The summed E-state index contributed by atoms with van der Waals surface area (Å²) in [6.07, 6.45) is 3.58. The van der Waals surface area contributed by atoms with Crippen molar-refractivity contribution in [2.24, 2.45) is 0 Å². The van der Waals surface area contributed by atoms with Gasteiger partial charge in [0.1, 0.15) is 5.82 Å². The van der Waals surface area contributed by atoms with Crippen LogP contribution in [-0.2, 0) is 6.42 Å². The lowest BCUT2D eigenvalue weighted by molar-refractivity contribution is 0.795. The minimum Gasteiger partial charge on any atom is -0.384 e. The molecule has 0 aliphatic heterocycles. The SMILES string of the molecule is CCCCc1ccc(-c2nc(C)cc(N)n2)cc1. The molecule has 0 saturated heterocycles. The molecule has 0 radical (unpaired) electrons. The summed E-state index contributed by atoms with van der Waals surface area (Å²) in [7, 11) is 0. The summed E-state index contributed by atoms with van der Waals surface area (Å²) in [5.74, 6) is 1.22. The average Bonchev–Trinajstić information content (AvgIpc) is 2.36. The number of nitrogen functional groups attached to an aromatic ring is 1. The molecule has 1 aromatic carbocycles. The summed E-state index contributed by atoms with van der Waals surface area (Å²) in [6, 6.07) is 10.2. The standard InChI is InChI=1S/C15H19N3/c1-3-4-5-12-6-8-13(9-7-12)15-17-11(2)10-14(16)18-15/h6-10H,3-5H2,1-2H3,(H2,16,17,18). The molecule has 2 N–H and O–H groups in total. The van der Waals surface area contributed by atoms with Crippen LogP contribution in [0.3, 0.4) is 0 Å². The number of nitrogens with zero attached hydrogens (tertiary/aromatic N) is 2. The molecule has 18 heavy (non-hydrogen) atoms. The van der Waals surface area contributed by atoms with Crippen LogP contribution in [0, 0.1) is 6.92 Å². The van der Waals surface area contributed by atoms with Gasteiger partial charge in [-0.3, -0.25) is 0 Å². The van der Waals surface area contributed by atoms with Crippen molar-refractivity contribution in [3.8, 4) is 11.4 Å². The minimum absolute atomic E-state index is 0.521. The van der Waals surface area contributed by atoms with Gasteiger partial charge < -0.3 is 5.73 Å². The average molecular weight is 241 g/mol. The Morgan fingerprint density at radius 3 is 2.44 bits per heavy atom. The molecule has 0 aliphatic carbocycles. The van der Waals surface area contributed by atoms with Crippen molar-refractivity contribution in [2.75, 3.05) is 5.73 Å². The molecule has 2 aromatic rings. The molecule has 0 unspecified atom stereocenters. The highest BCUT2D eigenvalue weighted by atomic mass is 14.9. The van der Waals surface area contributed by atoms with Gasteiger partial charge in [-0.05, 0) is 25.3 Å². The maximum absolute atomic E-state index is 5.74. The van der Waals surface area contributed by atoms with Gasteiger partial charge in [0.25, 0.3) is 0 Å². The fraction of sp³-hybridized carbons (Fsp3) is 0.333. The van der Waals surface area contributed by atoms with E-state index in [-0.39, 0.29) is 0 Å². The Labute approximate surface area is 108 Å². The van der Waals surface area contributed by atoms with Gasteiger partial charge in [0, 0.05) is 17.3 Å². The maximum Gasteiger partial charge on any atom is 0.161 e. The van der Waals surface area contributed by atoms with Crippen molar-refractivity contribution in [3.05, 3.63) is 41.6 Å². The van der Waals surface area contributed by atoms with E-state index < -0.39 is 0 Å². The van der Waals surface area contributed by atoms with Crippen LogP contribution in [0.4, 0.5) is 5.82 Å². The van der Waals surface area contributed by atoms with Gasteiger partial charge in [0.2, 0.25) is 0 Å². The summed E-state index contributed by atoms with van der Waals surface area (Å²) in [5, 5.41) is 0. The van der Waals surface area contributed by atoms with Crippen LogP contribution in [0.5, 0.6) is 0 Å². The van der Waals surface area contributed by atoms with Crippen molar-refractivity contribution in [1.29, 1.82) is 0 Å². The molecule has 0 fully saturated rings. The van der Waals surface area contributed by atoms with E-state index in [4.69, 9.17) is 5.73 Å². The van der Waals surface area contributed by atoms with Crippen molar-refractivity contribution in [2.45, 2.75) is 33.1 Å². The Morgan fingerprint density at radius 1 is 1.11 bits per heavy atom. The van der Waals surface area contributed by atoms with Gasteiger partial charge in [-0.15, -0.1) is 0 Å². The monoisotopic (exact) mass is 241 g/mol. The molecule has 3 heteroatoms. The van der Waals surface area contributed by atoms with Crippen molar-refractivity contribution < 1.29 is 0 Å². The Morgan fingerprint density at radius 2 is 1.83 bits per heavy atom. The maximum atomic E-state index is 5.74. The smallest absolute Gasteiger partial charge is 0.161 e. The van der Waals surface area contributed by atoms with Crippen LogP contribution in [0.25, 0.3) is 11.4 Å². The second-order valence-electron chi connectivity index (χ2n) is 4.56. The predicted molar refractivity (Wildman–Crippen MR) is 75.2 cm³/mol. The lowest BCUT2D eigenvalue weighted by atomic mass is 10.1. The summed E-state index contributed by atoms with van der Waals surface area (Å²) in [6.45, 7) is 4.13. The highest BCUT2D eigenvalue weighted by Gasteiger charge is 2.03. The van der Waals surface area contributed by atoms with E-state index in [2.05, 4.69) is 41.2 Å². The molecule has 3 nitrogen and oxygen atoms in total. The topological polar surface area (TPSA) is 51.8 Å². The molecular formula is C15H19N3. The first-order chi connectivity index (χ1) is 8.69. The van der Waals surface area contributed by atoms with Crippen molar-refractivity contribution in [1.82, 2.24) is 9.97 Å². The Balaban J connectivity index is 2.23. The third-order valence-electron chi connectivity index (χ3n) is 2.91. The second kappa shape index (κ2) is 5.63. The first-order valence-electron chi connectivity index (χ1n) is 6.39. The predicted octanol–water partition coefficient (Wildman–Crippen LogP) is 3.38. The van der Waals surface area contributed by atoms with E-state index in [0.717, 1.165) is 17.7 Å². The highest BCUT2D eigenvalue weighted by molar-refractivity contribution is 5.57. The second-order valence-corrected chi connectivity index (χ2v) is 4.56. The fourth-order valence-corrected chi connectivity index (χ4v) is 1.92. The molecule has 0 bridgehead atoms. The third kappa shape index (κ3) is 3.06. The number of nitrogens with two attached hydrogens (primary N) is 1. The highest BCUT2D eigenvalue weighted by Crippen LogP contribution is 2.18. The van der Waals surface area contributed by atoms with Crippen LogP contribution < -0.4 is 5.73 Å². The minimum atomic E-state index is 0.521. The van der Waals surface area contributed by atoms with E-state index >= 15 is 0 Å². The largest absolute Gasteiger partial charge is 0.384 e. The fourth-order valence-electron chi connectivity index (χ4n) is 1.92. The lowest BCUT2D eigenvalue weighted by Gasteiger charge is -2.05. The normalized spacial score (nSPS) is 10.6. The zero-order chi connectivity index (χ0) is 13.0. The van der Waals surface area contributed by atoms with Crippen LogP contribution in [0.15, 0.2) is 30.3 Å². The number of aryl methyl sites for hydroxylation is 2. The molecule has 0 atom stereocenters. The van der Waals surface area contributed by atoms with Crippen LogP contribution in [0.1, 0.15) is 31.0 Å². The van der Waals surface area contributed by atoms with Gasteiger partial charge in [-0.2, -0.15) is 0 Å². The van der Waals surface area contributed by atoms with Crippen LogP contribution in [-0.4, -0.2) is 9.97 Å². The molecule has 0 aliphatic rings. The zero-order valence-electron chi connectivity index (χ0n) is 11.0. The van der Waals surface area contributed by atoms with Gasteiger partial charge in [0.05, 0.1) is 0 Å². The van der Waals surface area contributed by atoms with Crippen molar-refractivity contribution >= 4 is 5.82 Å². The lowest BCUT2D eigenvalue weighted by Crippen LogP contribution is -1.97. The number of aromatic nitrogens is 2. The molecular weight excluding hydrogens is 222 g/mol. The van der Waals surface area contributed by atoms with Crippen LogP contribution >= 0.6 is 0 Å². The summed E-state index contributed by atoms with van der Waals surface area (Å²) in [5.41, 5.74) is 9.02. The quantitative estimate of drug-likeness (QED) is 0.892. The van der Waals surface area contributed by atoms with Gasteiger partial charge in [-0.1, -0.05) is 37.6 Å². The molecule has 0 amide bonds. The van der Waals surface area contributed by atoms with Gasteiger partial charge in [0.15, 0.2) is 5.82 Å². The molecule has 94 valence electrons.